The Morgan fingerprint density at radius 1 is 1.03 bits per heavy atom. The van der Waals surface area contributed by atoms with Gasteiger partial charge >= 0.3 is 11.7 Å². The summed E-state index contributed by atoms with van der Waals surface area (Å²) in [5.41, 5.74) is 8.25. The molecule has 4 N–H and O–H groups in total. The van der Waals surface area contributed by atoms with Gasteiger partial charge in [0.05, 0.1) is 5.69 Å². The third-order valence-electron chi connectivity index (χ3n) is 8.07. The predicted molar refractivity (Wildman–Crippen MR) is 137 cm³/mol. The second kappa shape index (κ2) is 10.5. The number of nitrogens with zero attached hydrogens (tertiary/aromatic N) is 4. The molecule has 0 unspecified atom stereocenters. The number of hydrogen-bond acceptors (Lipinski definition) is 6. The fourth-order valence-electron chi connectivity index (χ4n) is 5.68. The minimum Gasteiger partial charge on any atom is -0.328 e. The molecule has 5 rings (SSSR count). The molecule has 3 aliphatic rings. The van der Waals surface area contributed by atoms with Gasteiger partial charge in [-0.15, -0.1) is 0 Å². The Hall–Kier alpha value is -2.75. The van der Waals surface area contributed by atoms with E-state index in [2.05, 4.69) is 32.7 Å². The first-order valence-corrected chi connectivity index (χ1v) is 12.9. The molecule has 9 heteroatoms. The number of nitrogens with one attached hydrogen (secondary N) is 2. The van der Waals surface area contributed by atoms with Gasteiger partial charge in [-0.25, -0.2) is 9.59 Å². The molecule has 2 aromatic rings. The van der Waals surface area contributed by atoms with Gasteiger partial charge in [0.2, 0.25) is 0 Å². The fourth-order valence-corrected chi connectivity index (χ4v) is 5.68. The monoisotopic (exact) mass is 479 g/mol. The molecule has 1 aromatic carbocycles. The highest BCUT2D eigenvalue weighted by molar-refractivity contribution is 5.88. The molecule has 35 heavy (non-hydrogen) atoms. The third kappa shape index (κ3) is 5.74. The smallest absolute Gasteiger partial charge is 0.328 e. The summed E-state index contributed by atoms with van der Waals surface area (Å²) >= 11 is 0. The van der Waals surface area contributed by atoms with Gasteiger partial charge in [-0.1, -0.05) is 12.1 Å². The number of benzene rings is 1. The van der Waals surface area contributed by atoms with E-state index in [9.17, 15) is 9.59 Å². The van der Waals surface area contributed by atoms with E-state index in [1.807, 2.05) is 12.1 Å². The average Bonchev–Trinajstić information content (AvgIpc) is 2.89. The minimum absolute atomic E-state index is 0.226. The van der Waals surface area contributed by atoms with Gasteiger partial charge < -0.3 is 16.0 Å². The SMILES string of the molecule is NC1CCC2(CC1)CCN(Cc1ccc(-n3ccc(NC(=O)N4CCNCC4)nc3=O)cc1)CC2. The molecule has 0 bridgehead atoms. The maximum atomic E-state index is 12.6. The Morgan fingerprint density at radius 2 is 1.71 bits per heavy atom. The molecule has 1 spiro atoms. The zero-order valence-electron chi connectivity index (χ0n) is 20.4. The van der Waals surface area contributed by atoms with E-state index in [-0.39, 0.29) is 11.8 Å². The zero-order chi connectivity index (χ0) is 24.3. The second-order valence-electron chi connectivity index (χ2n) is 10.4. The lowest BCUT2D eigenvalue weighted by Crippen LogP contribution is -2.48. The van der Waals surface area contributed by atoms with Crippen molar-refractivity contribution in [3.05, 3.63) is 52.6 Å². The van der Waals surface area contributed by atoms with Crippen molar-refractivity contribution in [1.82, 2.24) is 24.7 Å². The van der Waals surface area contributed by atoms with Crippen LogP contribution in [-0.2, 0) is 6.54 Å². The van der Waals surface area contributed by atoms with E-state index in [0.29, 0.717) is 24.5 Å². The Morgan fingerprint density at radius 3 is 2.37 bits per heavy atom. The van der Waals surface area contributed by atoms with Crippen LogP contribution in [0.15, 0.2) is 41.3 Å². The summed E-state index contributed by atoms with van der Waals surface area (Å²) < 4.78 is 1.50. The third-order valence-corrected chi connectivity index (χ3v) is 8.07. The Balaban J connectivity index is 1.16. The van der Waals surface area contributed by atoms with Gasteiger partial charge in [0.1, 0.15) is 5.82 Å². The van der Waals surface area contributed by atoms with Crippen LogP contribution in [0.2, 0.25) is 0 Å². The number of aromatic nitrogens is 2. The molecular weight excluding hydrogens is 442 g/mol. The van der Waals surface area contributed by atoms with E-state index in [1.54, 1.807) is 17.2 Å². The molecule has 0 radical (unpaired) electrons. The maximum absolute atomic E-state index is 12.6. The molecule has 2 saturated heterocycles. The van der Waals surface area contributed by atoms with Gasteiger partial charge in [0, 0.05) is 45.0 Å². The van der Waals surface area contributed by atoms with Crippen molar-refractivity contribution in [3.8, 4) is 5.69 Å². The second-order valence-corrected chi connectivity index (χ2v) is 10.4. The first kappa shape index (κ1) is 24.0. The number of rotatable bonds is 4. The molecule has 0 atom stereocenters. The van der Waals surface area contributed by atoms with Crippen LogP contribution in [0.25, 0.3) is 5.69 Å². The average molecular weight is 480 g/mol. The number of urea groups is 1. The highest BCUT2D eigenvalue weighted by Gasteiger charge is 2.37. The van der Waals surface area contributed by atoms with E-state index < -0.39 is 5.69 Å². The number of nitrogens with two attached hydrogens (primary N) is 1. The number of likely N-dealkylation sites (tertiary alicyclic amines) is 1. The van der Waals surface area contributed by atoms with Crippen molar-refractivity contribution in [2.45, 2.75) is 51.1 Å². The van der Waals surface area contributed by atoms with Crippen LogP contribution in [0.4, 0.5) is 10.6 Å². The van der Waals surface area contributed by atoms with Crippen molar-refractivity contribution < 1.29 is 4.79 Å². The summed E-state index contributed by atoms with van der Waals surface area (Å²) in [7, 11) is 0. The number of carbonyl (C=O) groups is 1. The van der Waals surface area contributed by atoms with Gasteiger partial charge in [-0.3, -0.25) is 14.8 Å². The van der Waals surface area contributed by atoms with Crippen LogP contribution in [0.1, 0.15) is 44.1 Å². The maximum Gasteiger partial charge on any atom is 0.354 e. The lowest BCUT2D eigenvalue weighted by Gasteiger charge is -2.45. The summed E-state index contributed by atoms with van der Waals surface area (Å²) in [4.78, 5) is 33.3. The minimum atomic E-state index is -0.413. The van der Waals surface area contributed by atoms with Gasteiger partial charge in [-0.05, 0) is 80.8 Å². The van der Waals surface area contributed by atoms with Gasteiger partial charge in [-0.2, -0.15) is 4.98 Å². The van der Waals surface area contributed by atoms with Crippen molar-refractivity contribution in [2.75, 3.05) is 44.6 Å². The molecule has 188 valence electrons. The Bertz CT molecular complexity index is 1060. The normalized spacial score (nSPS) is 21.2. The quantitative estimate of drug-likeness (QED) is 0.620. The summed E-state index contributed by atoms with van der Waals surface area (Å²) in [6.07, 6.45) is 9.15. The zero-order valence-corrected chi connectivity index (χ0v) is 20.4. The first-order valence-electron chi connectivity index (χ1n) is 12.9. The Kier molecular flexibility index (Phi) is 7.17. The number of amides is 2. The fraction of sp³-hybridized carbons (Fsp3) is 0.577. The largest absolute Gasteiger partial charge is 0.354 e. The van der Waals surface area contributed by atoms with Gasteiger partial charge in [0.25, 0.3) is 0 Å². The lowest BCUT2D eigenvalue weighted by atomic mass is 9.67. The Labute approximate surface area is 206 Å². The molecule has 1 saturated carbocycles. The van der Waals surface area contributed by atoms with Crippen LogP contribution in [-0.4, -0.2) is 70.7 Å². The molecular formula is C26H37N7O2. The van der Waals surface area contributed by atoms with Crippen LogP contribution >= 0.6 is 0 Å². The molecule has 1 aliphatic carbocycles. The summed E-state index contributed by atoms with van der Waals surface area (Å²) in [5.74, 6) is 0.272. The molecule has 1 aromatic heterocycles. The van der Waals surface area contributed by atoms with Crippen LogP contribution in [0.5, 0.6) is 0 Å². The molecule has 2 aliphatic heterocycles. The predicted octanol–water partition coefficient (Wildman–Crippen LogP) is 2.15. The number of hydrogen-bond donors (Lipinski definition) is 3. The highest BCUT2D eigenvalue weighted by atomic mass is 16.2. The van der Waals surface area contributed by atoms with E-state index in [0.717, 1.165) is 38.4 Å². The first-order chi connectivity index (χ1) is 17.0. The summed E-state index contributed by atoms with van der Waals surface area (Å²) in [5, 5.41) is 5.94. The number of piperidine rings is 1. The molecule has 2 amide bonds. The van der Waals surface area contributed by atoms with Crippen molar-refractivity contribution in [3.63, 3.8) is 0 Å². The number of piperazine rings is 1. The van der Waals surface area contributed by atoms with Crippen LogP contribution in [0, 0.1) is 5.41 Å². The summed E-state index contributed by atoms with van der Waals surface area (Å²) in [6, 6.07) is 9.95. The van der Waals surface area contributed by atoms with E-state index in [4.69, 9.17) is 5.73 Å². The molecule has 3 fully saturated rings. The standard InChI is InChI=1S/C26H37N7O2/c27-21-5-8-26(9-6-21)10-15-31(16-11-26)19-20-1-3-22(4-2-20)33-14-7-23(30-25(33)35)29-24(34)32-17-12-28-13-18-32/h1-4,7,14,21,28H,5-6,8-13,15-19,27H2,(H,29,30,34,35). The van der Waals surface area contributed by atoms with Crippen molar-refractivity contribution in [1.29, 1.82) is 0 Å². The summed E-state index contributed by atoms with van der Waals surface area (Å²) in [6.45, 7) is 6.03. The lowest BCUT2D eigenvalue weighted by molar-refractivity contribution is 0.0593. The molecule has 9 nitrogen and oxygen atoms in total. The van der Waals surface area contributed by atoms with Gasteiger partial charge in [0.15, 0.2) is 0 Å². The molecule has 3 heterocycles. The number of anilines is 1. The topological polar surface area (TPSA) is 109 Å². The van der Waals surface area contributed by atoms with Crippen molar-refractivity contribution in [2.24, 2.45) is 11.1 Å². The van der Waals surface area contributed by atoms with E-state index >= 15 is 0 Å². The van der Waals surface area contributed by atoms with Crippen LogP contribution < -0.4 is 22.1 Å². The highest BCUT2D eigenvalue weighted by Crippen LogP contribution is 2.44. The van der Waals surface area contributed by atoms with E-state index in [1.165, 1.54) is 48.7 Å². The van der Waals surface area contributed by atoms with Crippen molar-refractivity contribution >= 4 is 11.8 Å². The van der Waals surface area contributed by atoms with Crippen LogP contribution in [0.3, 0.4) is 0 Å². The number of carbonyl (C=O) groups excluding carboxylic acids is 1.